The number of aromatic nitrogens is 3. The Balaban J connectivity index is 1.10. The third-order valence-corrected chi connectivity index (χ3v) is 13.2. The lowest BCUT2D eigenvalue weighted by molar-refractivity contribution is 0.660. The van der Waals surface area contributed by atoms with Gasteiger partial charge in [0.1, 0.15) is 0 Å². The van der Waals surface area contributed by atoms with E-state index in [4.69, 9.17) is 9.97 Å². The van der Waals surface area contributed by atoms with E-state index < -0.39 is 0 Å². The van der Waals surface area contributed by atoms with E-state index in [1.807, 2.05) is 11.3 Å². The molecule has 3 nitrogen and oxygen atoms in total. The van der Waals surface area contributed by atoms with Gasteiger partial charge in [-0.15, -0.1) is 11.3 Å². The number of rotatable bonds is 3. The highest BCUT2D eigenvalue weighted by atomic mass is 32.1. The van der Waals surface area contributed by atoms with Gasteiger partial charge >= 0.3 is 0 Å². The van der Waals surface area contributed by atoms with Gasteiger partial charge in [-0.2, -0.15) is 0 Å². The first-order chi connectivity index (χ1) is 27.0. The molecule has 1 aliphatic carbocycles. The van der Waals surface area contributed by atoms with Gasteiger partial charge in [-0.1, -0.05) is 129 Å². The maximum absolute atomic E-state index is 5.51. The van der Waals surface area contributed by atoms with E-state index in [1.165, 1.54) is 75.1 Å². The highest BCUT2D eigenvalue weighted by molar-refractivity contribution is 7.25. The molecule has 0 amide bonds. The van der Waals surface area contributed by atoms with Crippen LogP contribution in [0.1, 0.15) is 25.0 Å². The Labute approximate surface area is 321 Å². The molecule has 0 N–H and O–H groups in total. The van der Waals surface area contributed by atoms with Gasteiger partial charge in [-0.25, -0.2) is 9.97 Å². The quantitative estimate of drug-likeness (QED) is 0.182. The molecule has 0 radical (unpaired) electrons. The standard InChI is InChI=1S/C51H33N3S/c1-51(2)41-16-8-5-13-35(41)36-23-19-33(29-42(36)51)49-38-15-6-9-17-43(38)52-50(53-49)54-44-24-21-31(28-40(44)48-34-12-4-3-11-30(34)20-25-45(48)54)32-22-26-47-39(27-32)37-14-7-10-18-46(37)55-47/h3-29H,1-2H3. The third kappa shape index (κ3) is 4.37. The van der Waals surface area contributed by atoms with Gasteiger partial charge in [0.05, 0.1) is 22.2 Å². The minimum atomic E-state index is -0.111. The molecule has 0 bridgehead atoms. The van der Waals surface area contributed by atoms with E-state index in [9.17, 15) is 0 Å². The topological polar surface area (TPSA) is 30.7 Å². The molecule has 3 aromatic heterocycles. The van der Waals surface area contributed by atoms with E-state index in [1.54, 1.807) is 0 Å². The molecule has 8 aromatic carbocycles. The van der Waals surface area contributed by atoms with Gasteiger partial charge in [0.15, 0.2) is 0 Å². The summed E-state index contributed by atoms with van der Waals surface area (Å²) >= 11 is 1.86. The van der Waals surface area contributed by atoms with Crippen molar-refractivity contribution in [1.29, 1.82) is 0 Å². The average molecular weight is 720 g/mol. The highest BCUT2D eigenvalue weighted by Gasteiger charge is 2.35. The molecular formula is C51H33N3S. The molecule has 0 fully saturated rings. The summed E-state index contributed by atoms with van der Waals surface area (Å²) in [4.78, 5) is 10.8. The Morgan fingerprint density at radius 1 is 0.473 bits per heavy atom. The second-order valence-electron chi connectivity index (χ2n) is 15.4. The van der Waals surface area contributed by atoms with E-state index in [-0.39, 0.29) is 5.41 Å². The predicted molar refractivity (Wildman–Crippen MR) is 233 cm³/mol. The normalized spacial score (nSPS) is 13.4. The van der Waals surface area contributed by atoms with Crippen molar-refractivity contribution >= 4 is 75.0 Å². The molecule has 0 atom stereocenters. The second kappa shape index (κ2) is 11.2. The summed E-state index contributed by atoms with van der Waals surface area (Å²) in [5, 5.41) is 8.51. The first-order valence-electron chi connectivity index (χ1n) is 18.9. The van der Waals surface area contributed by atoms with E-state index in [0.717, 1.165) is 33.2 Å². The lowest BCUT2D eigenvalue weighted by Crippen LogP contribution is -2.15. The Morgan fingerprint density at radius 3 is 2.05 bits per heavy atom. The molecule has 0 aliphatic heterocycles. The third-order valence-electron chi connectivity index (χ3n) is 12.0. The molecule has 258 valence electrons. The van der Waals surface area contributed by atoms with Crippen molar-refractivity contribution < 1.29 is 0 Å². The van der Waals surface area contributed by atoms with Crippen molar-refractivity contribution in [3.8, 4) is 39.5 Å². The zero-order valence-electron chi connectivity index (χ0n) is 30.3. The van der Waals surface area contributed by atoms with Gasteiger partial charge < -0.3 is 0 Å². The largest absolute Gasteiger partial charge is 0.278 e. The molecule has 12 rings (SSSR count). The van der Waals surface area contributed by atoms with E-state index >= 15 is 0 Å². The van der Waals surface area contributed by atoms with Gasteiger partial charge in [0, 0.05) is 47.3 Å². The van der Waals surface area contributed by atoms with Crippen LogP contribution < -0.4 is 0 Å². The fourth-order valence-corrected chi connectivity index (χ4v) is 10.4. The Bertz CT molecular complexity index is 3420. The van der Waals surface area contributed by atoms with Crippen LogP contribution >= 0.6 is 11.3 Å². The van der Waals surface area contributed by atoms with Crippen LogP contribution in [-0.2, 0) is 5.41 Å². The van der Waals surface area contributed by atoms with E-state index in [0.29, 0.717) is 5.95 Å². The summed E-state index contributed by atoms with van der Waals surface area (Å²) in [6.07, 6.45) is 0. The van der Waals surface area contributed by atoms with Gasteiger partial charge in [0.2, 0.25) is 5.95 Å². The number of para-hydroxylation sites is 1. The van der Waals surface area contributed by atoms with Crippen molar-refractivity contribution in [1.82, 2.24) is 14.5 Å². The molecule has 0 spiro atoms. The smallest absolute Gasteiger partial charge is 0.235 e. The van der Waals surface area contributed by atoms with Crippen LogP contribution in [0, 0.1) is 0 Å². The number of thiophene rings is 1. The van der Waals surface area contributed by atoms with Crippen LogP contribution in [0.4, 0.5) is 0 Å². The number of fused-ring (bicyclic) bond motifs is 12. The molecule has 11 aromatic rings. The molecule has 4 heteroatoms. The van der Waals surface area contributed by atoms with Crippen molar-refractivity contribution in [3.63, 3.8) is 0 Å². The summed E-state index contributed by atoms with van der Waals surface area (Å²) < 4.78 is 4.91. The monoisotopic (exact) mass is 719 g/mol. The van der Waals surface area contributed by atoms with Crippen LogP contribution in [0.2, 0.25) is 0 Å². The number of hydrogen-bond donors (Lipinski definition) is 0. The molecule has 55 heavy (non-hydrogen) atoms. The Hall–Kier alpha value is -6.62. The fraction of sp³-hybridized carbons (Fsp3) is 0.0588. The van der Waals surface area contributed by atoms with Crippen molar-refractivity contribution in [2.75, 3.05) is 0 Å². The lowest BCUT2D eigenvalue weighted by atomic mass is 9.82. The first kappa shape index (κ1) is 30.8. The highest BCUT2D eigenvalue weighted by Crippen LogP contribution is 2.50. The SMILES string of the molecule is CC1(C)c2ccccc2-c2ccc(-c3nc(-n4c5ccc(-c6ccc7sc8ccccc8c7c6)cc5c5c6ccccc6ccc54)nc4ccccc34)cc21. The minimum Gasteiger partial charge on any atom is -0.278 e. The predicted octanol–water partition coefficient (Wildman–Crippen LogP) is 13.9. The maximum Gasteiger partial charge on any atom is 0.235 e. The number of nitrogens with zero attached hydrogens (tertiary/aromatic N) is 3. The summed E-state index contributed by atoms with van der Waals surface area (Å²) in [5.41, 5.74) is 12.8. The van der Waals surface area contributed by atoms with Crippen molar-refractivity contribution in [3.05, 3.63) is 175 Å². The Morgan fingerprint density at radius 2 is 1.15 bits per heavy atom. The number of benzene rings is 8. The molecular weight excluding hydrogens is 687 g/mol. The lowest BCUT2D eigenvalue weighted by Gasteiger charge is -2.22. The number of hydrogen-bond acceptors (Lipinski definition) is 3. The van der Waals surface area contributed by atoms with Crippen molar-refractivity contribution in [2.45, 2.75) is 19.3 Å². The fourth-order valence-electron chi connectivity index (χ4n) is 9.33. The second-order valence-corrected chi connectivity index (χ2v) is 16.5. The van der Waals surface area contributed by atoms with Crippen LogP contribution in [0.5, 0.6) is 0 Å². The molecule has 0 unspecified atom stereocenters. The molecule has 1 aliphatic rings. The summed E-state index contributed by atoms with van der Waals surface area (Å²) in [7, 11) is 0. The Kier molecular flexibility index (Phi) is 6.27. The van der Waals surface area contributed by atoms with Gasteiger partial charge in [-0.3, -0.25) is 4.57 Å². The van der Waals surface area contributed by atoms with Crippen LogP contribution in [0.15, 0.2) is 164 Å². The minimum absolute atomic E-state index is 0.111. The van der Waals surface area contributed by atoms with Crippen molar-refractivity contribution in [2.24, 2.45) is 0 Å². The zero-order chi connectivity index (χ0) is 36.4. The molecule has 0 saturated heterocycles. The van der Waals surface area contributed by atoms with Gasteiger partial charge in [0.25, 0.3) is 0 Å². The summed E-state index contributed by atoms with van der Waals surface area (Å²) in [5.74, 6) is 0.672. The maximum atomic E-state index is 5.51. The molecule has 3 heterocycles. The van der Waals surface area contributed by atoms with Gasteiger partial charge in [-0.05, 0) is 92.7 Å². The van der Waals surface area contributed by atoms with Crippen LogP contribution in [-0.4, -0.2) is 14.5 Å². The summed E-state index contributed by atoms with van der Waals surface area (Å²) in [6.45, 7) is 4.67. The zero-order valence-corrected chi connectivity index (χ0v) is 31.2. The average Bonchev–Trinajstić information content (AvgIpc) is 3.85. The first-order valence-corrected chi connectivity index (χ1v) is 19.7. The van der Waals surface area contributed by atoms with Crippen LogP contribution in [0.25, 0.3) is 103 Å². The summed E-state index contributed by atoms with van der Waals surface area (Å²) in [6, 6.07) is 59.9. The van der Waals surface area contributed by atoms with E-state index in [2.05, 4.69) is 182 Å². The van der Waals surface area contributed by atoms with Crippen LogP contribution in [0.3, 0.4) is 0 Å². The molecule has 0 saturated carbocycles.